The minimum absolute atomic E-state index is 0.745. The lowest BCUT2D eigenvalue weighted by Crippen LogP contribution is -1.81. The van der Waals surface area contributed by atoms with Gasteiger partial charge in [0.25, 0.3) is 0 Å². The highest BCUT2D eigenvalue weighted by atomic mass is 35.5. The first kappa shape index (κ1) is 12.4. The Morgan fingerprint density at radius 1 is 1.10 bits per heavy atom. The van der Waals surface area contributed by atoms with E-state index in [1.807, 2.05) is 29.5 Å². The summed E-state index contributed by atoms with van der Waals surface area (Å²) in [6.45, 7) is 0. The largest absolute Gasteiger partial charge is 0.337 e. The first-order valence-corrected chi connectivity index (χ1v) is 8.26. The van der Waals surface area contributed by atoms with Crippen molar-refractivity contribution in [2.45, 2.75) is 32.1 Å². The molecule has 0 atom stereocenters. The van der Waals surface area contributed by atoms with Gasteiger partial charge in [0.1, 0.15) is 5.82 Å². The van der Waals surface area contributed by atoms with E-state index in [-0.39, 0.29) is 0 Å². The summed E-state index contributed by atoms with van der Waals surface area (Å²) in [5.41, 5.74) is 3.52. The molecule has 0 unspecified atom stereocenters. The van der Waals surface area contributed by atoms with Gasteiger partial charge >= 0.3 is 0 Å². The van der Waals surface area contributed by atoms with Gasteiger partial charge in [-0.2, -0.15) is 0 Å². The number of aryl methyl sites for hydroxylation is 2. The summed E-state index contributed by atoms with van der Waals surface area (Å²) in [7, 11) is 0. The van der Waals surface area contributed by atoms with E-state index in [9.17, 15) is 0 Å². The van der Waals surface area contributed by atoms with Crippen LogP contribution in [0, 0.1) is 0 Å². The molecule has 0 spiro atoms. The van der Waals surface area contributed by atoms with Crippen LogP contribution in [0.4, 0.5) is 0 Å². The normalized spacial score (nSPS) is 15.2. The van der Waals surface area contributed by atoms with Gasteiger partial charge in [0, 0.05) is 9.90 Å². The summed E-state index contributed by atoms with van der Waals surface area (Å²) in [4.78, 5) is 10.9. The fraction of sp³-hybridized carbons (Fsp3) is 0.312. The third-order valence-corrected chi connectivity index (χ3v) is 5.40. The molecule has 0 fully saturated rings. The molecule has 2 nitrogen and oxygen atoms in total. The zero-order chi connectivity index (χ0) is 13.5. The van der Waals surface area contributed by atoms with Gasteiger partial charge in [-0.25, -0.2) is 4.98 Å². The molecule has 1 N–H and O–H groups in total. The molecule has 0 saturated heterocycles. The number of thiophene rings is 1. The summed E-state index contributed by atoms with van der Waals surface area (Å²) >= 11 is 7.92. The van der Waals surface area contributed by atoms with E-state index in [0.29, 0.717) is 0 Å². The lowest BCUT2D eigenvalue weighted by molar-refractivity contribution is 0.713. The maximum Gasteiger partial charge on any atom is 0.148 e. The number of rotatable bonds is 1. The van der Waals surface area contributed by atoms with Gasteiger partial charge in [0.05, 0.1) is 15.9 Å². The van der Waals surface area contributed by atoms with Gasteiger partial charge in [0.2, 0.25) is 0 Å². The first-order valence-electron chi connectivity index (χ1n) is 7.07. The summed E-state index contributed by atoms with van der Waals surface area (Å²) < 4.78 is 0. The summed E-state index contributed by atoms with van der Waals surface area (Å²) in [5.74, 6) is 0.973. The molecule has 2 heterocycles. The molecule has 0 radical (unpaired) electrons. The fourth-order valence-electron chi connectivity index (χ4n) is 2.88. The van der Waals surface area contributed by atoms with Crippen molar-refractivity contribution in [3.05, 3.63) is 39.7 Å². The molecule has 1 aliphatic carbocycles. The third-order valence-electron chi connectivity index (χ3n) is 3.92. The lowest BCUT2D eigenvalue weighted by atomic mass is 10.1. The number of hydrogen-bond acceptors (Lipinski definition) is 2. The highest BCUT2D eigenvalue weighted by Gasteiger charge is 2.15. The van der Waals surface area contributed by atoms with Gasteiger partial charge in [-0.05, 0) is 55.5 Å². The average Bonchev–Trinajstić information content (AvgIpc) is 2.97. The van der Waals surface area contributed by atoms with Crippen LogP contribution in [0.1, 0.15) is 29.7 Å². The third kappa shape index (κ3) is 2.15. The van der Waals surface area contributed by atoms with Crippen LogP contribution < -0.4 is 0 Å². The second kappa shape index (κ2) is 4.90. The molecule has 4 heteroatoms. The van der Waals surface area contributed by atoms with Crippen LogP contribution in [0.25, 0.3) is 21.7 Å². The summed E-state index contributed by atoms with van der Waals surface area (Å²) in [6, 6.07) is 8.12. The van der Waals surface area contributed by atoms with Crippen molar-refractivity contribution in [3.63, 3.8) is 0 Å². The molecule has 0 bridgehead atoms. The van der Waals surface area contributed by atoms with Crippen molar-refractivity contribution in [1.82, 2.24) is 9.97 Å². The number of halogens is 1. The van der Waals surface area contributed by atoms with Crippen molar-refractivity contribution in [2.75, 3.05) is 0 Å². The molecule has 20 heavy (non-hydrogen) atoms. The highest BCUT2D eigenvalue weighted by Crippen LogP contribution is 2.34. The molecule has 0 aliphatic heterocycles. The van der Waals surface area contributed by atoms with Crippen molar-refractivity contribution in [1.29, 1.82) is 0 Å². The molecular formula is C16H15ClN2S. The fourth-order valence-corrected chi connectivity index (χ4v) is 4.25. The smallest absolute Gasteiger partial charge is 0.148 e. The standard InChI is InChI=1S/C16H15ClN2S/c17-11-6-7-12-13(9-11)19-16(18-12)15-8-10-4-2-1-3-5-14(10)20-15/h6-9H,1-5H2,(H,18,19). The minimum Gasteiger partial charge on any atom is -0.337 e. The zero-order valence-electron chi connectivity index (χ0n) is 11.1. The number of H-pyrrole nitrogens is 1. The Kier molecular flexibility index (Phi) is 3.04. The zero-order valence-corrected chi connectivity index (χ0v) is 12.7. The first-order chi connectivity index (χ1) is 9.79. The number of nitrogens with one attached hydrogen (secondary N) is 1. The number of benzene rings is 1. The second-order valence-electron chi connectivity index (χ2n) is 5.37. The van der Waals surface area contributed by atoms with Crippen molar-refractivity contribution >= 4 is 34.0 Å². The quantitative estimate of drug-likeness (QED) is 0.614. The van der Waals surface area contributed by atoms with Crippen LogP contribution in [0.5, 0.6) is 0 Å². The van der Waals surface area contributed by atoms with Crippen molar-refractivity contribution in [3.8, 4) is 10.7 Å². The van der Waals surface area contributed by atoms with Crippen LogP contribution in [0.2, 0.25) is 5.02 Å². The van der Waals surface area contributed by atoms with Crippen LogP contribution in [-0.4, -0.2) is 9.97 Å². The van der Waals surface area contributed by atoms with Crippen molar-refractivity contribution in [2.24, 2.45) is 0 Å². The summed E-state index contributed by atoms with van der Waals surface area (Å²) in [6.07, 6.45) is 6.45. The number of imidazole rings is 1. The Bertz CT molecular complexity index is 748. The topological polar surface area (TPSA) is 28.7 Å². The SMILES string of the molecule is Clc1ccc2nc(-c3cc4c(s3)CCCCC4)[nH]c2c1. The molecule has 1 aromatic carbocycles. The predicted molar refractivity (Wildman–Crippen MR) is 85.7 cm³/mol. The van der Waals surface area contributed by atoms with Crippen molar-refractivity contribution < 1.29 is 0 Å². The van der Waals surface area contributed by atoms with E-state index in [1.165, 1.54) is 42.5 Å². The molecule has 102 valence electrons. The number of aromatic nitrogens is 2. The molecule has 0 saturated carbocycles. The van der Waals surface area contributed by atoms with Gasteiger partial charge in [-0.15, -0.1) is 11.3 Å². The Hall–Kier alpha value is -1.32. The van der Waals surface area contributed by atoms with Crippen LogP contribution >= 0.6 is 22.9 Å². The van der Waals surface area contributed by atoms with E-state index in [1.54, 1.807) is 4.88 Å². The van der Waals surface area contributed by atoms with E-state index in [4.69, 9.17) is 11.6 Å². The Morgan fingerprint density at radius 2 is 2.00 bits per heavy atom. The van der Waals surface area contributed by atoms with Gasteiger partial charge in [-0.1, -0.05) is 18.0 Å². The summed E-state index contributed by atoms with van der Waals surface area (Å²) in [5, 5.41) is 0.745. The molecule has 3 aromatic rings. The maximum absolute atomic E-state index is 6.03. The Morgan fingerprint density at radius 3 is 2.95 bits per heavy atom. The maximum atomic E-state index is 6.03. The molecule has 2 aromatic heterocycles. The Labute approximate surface area is 126 Å². The van der Waals surface area contributed by atoms with Gasteiger partial charge < -0.3 is 4.98 Å². The number of aromatic amines is 1. The van der Waals surface area contributed by atoms with Gasteiger partial charge in [0.15, 0.2) is 0 Å². The monoisotopic (exact) mass is 302 g/mol. The Balaban J connectivity index is 1.78. The van der Waals surface area contributed by atoms with Crippen LogP contribution in [-0.2, 0) is 12.8 Å². The van der Waals surface area contributed by atoms with E-state index in [2.05, 4.69) is 16.0 Å². The number of hydrogen-bond donors (Lipinski definition) is 1. The molecule has 4 rings (SSSR count). The number of nitrogens with zero attached hydrogens (tertiary/aromatic N) is 1. The highest BCUT2D eigenvalue weighted by molar-refractivity contribution is 7.15. The van der Waals surface area contributed by atoms with E-state index < -0.39 is 0 Å². The predicted octanol–water partition coefficient (Wildman–Crippen LogP) is 5.21. The minimum atomic E-state index is 0.745. The molecule has 1 aliphatic rings. The van der Waals surface area contributed by atoms with Crippen LogP contribution in [0.3, 0.4) is 0 Å². The number of fused-ring (bicyclic) bond motifs is 2. The van der Waals surface area contributed by atoms with E-state index >= 15 is 0 Å². The van der Waals surface area contributed by atoms with E-state index in [0.717, 1.165) is 21.9 Å². The molecular weight excluding hydrogens is 288 g/mol. The lowest BCUT2D eigenvalue weighted by Gasteiger charge is -1.92. The second-order valence-corrected chi connectivity index (χ2v) is 6.94. The van der Waals surface area contributed by atoms with Gasteiger partial charge in [-0.3, -0.25) is 0 Å². The average molecular weight is 303 g/mol. The molecule has 0 amide bonds. The van der Waals surface area contributed by atoms with Crippen LogP contribution in [0.15, 0.2) is 24.3 Å².